The monoisotopic (exact) mass is 443 g/mol. The van der Waals surface area contributed by atoms with E-state index >= 15 is 0 Å². The molecule has 1 unspecified atom stereocenters. The molecule has 0 N–H and O–H groups in total. The Balaban J connectivity index is 2.21. The summed E-state index contributed by atoms with van der Waals surface area (Å²) in [6, 6.07) is 4.23. The molecule has 1 atom stereocenters. The third-order valence-corrected chi connectivity index (χ3v) is 5.61. The molecule has 0 aliphatic carbocycles. The zero-order valence-corrected chi connectivity index (χ0v) is 17.7. The molecule has 146 valence electrons. The van der Waals surface area contributed by atoms with Crippen molar-refractivity contribution in [2.24, 2.45) is 0 Å². The second-order valence-electron chi connectivity index (χ2n) is 6.65. The van der Waals surface area contributed by atoms with Gasteiger partial charge in [0.05, 0.1) is 34.6 Å². The summed E-state index contributed by atoms with van der Waals surface area (Å²) in [5.74, 6) is -1.14. The summed E-state index contributed by atoms with van der Waals surface area (Å²) >= 11 is 3.66. The highest BCUT2D eigenvalue weighted by molar-refractivity contribution is 9.10. The van der Waals surface area contributed by atoms with Crippen LogP contribution in [0.25, 0.3) is 16.6 Å². The van der Waals surface area contributed by atoms with E-state index in [4.69, 9.17) is 14.2 Å². The minimum Gasteiger partial charge on any atom is -0.492 e. The molecule has 0 fully saturated rings. The second kappa shape index (κ2) is 7.92. The first-order valence-corrected chi connectivity index (χ1v) is 9.53. The zero-order chi connectivity index (χ0) is 20.5. The van der Waals surface area contributed by atoms with E-state index in [2.05, 4.69) is 40.3 Å². The van der Waals surface area contributed by atoms with Crippen LogP contribution in [0.2, 0.25) is 0 Å². The minimum atomic E-state index is -1.07. The Bertz CT molecular complexity index is 1010. The van der Waals surface area contributed by atoms with E-state index in [1.165, 1.54) is 0 Å². The van der Waals surface area contributed by atoms with E-state index in [1.807, 2.05) is 25.1 Å². The number of benzene rings is 1. The first kappa shape index (κ1) is 20.3. The van der Waals surface area contributed by atoms with Gasteiger partial charge >= 0.3 is 0 Å². The van der Waals surface area contributed by atoms with Crippen LogP contribution in [0.4, 0.5) is 0 Å². The number of nitriles is 1. The fraction of sp³-hybridized carbons (Fsp3) is 0.333. The maximum Gasteiger partial charge on any atom is 0.190 e. The zero-order valence-electron chi connectivity index (χ0n) is 16.2. The van der Waals surface area contributed by atoms with Crippen LogP contribution in [0.3, 0.4) is 0 Å². The van der Waals surface area contributed by atoms with Crippen LogP contribution in [0.1, 0.15) is 24.8 Å². The molecule has 1 aliphatic rings. The number of rotatable bonds is 5. The standard InChI is InChI=1S/C21H22BrN3O3/c1-13(2)6-7-14(3)25-19-15(12-24-25)10-16-17(11-23)21(26-4,27-5)8-9-28-20(16)18(19)22/h6-7,10,12,17H,1,3,8-9H2,2,4-5H3. The van der Waals surface area contributed by atoms with Crippen LogP contribution < -0.4 is 4.74 Å². The fourth-order valence-electron chi connectivity index (χ4n) is 3.41. The predicted octanol–water partition coefficient (Wildman–Crippen LogP) is 4.78. The van der Waals surface area contributed by atoms with Crippen molar-refractivity contribution >= 4 is 32.5 Å². The maximum absolute atomic E-state index is 9.91. The first-order chi connectivity index (χ1) is 13.4. The number of methoxy groups -OCH3 is 2. The third kappa shape index (κ3) is 3.28. The van der Waals surface area contributed by atoms with Gasteiger partial charge in [0.2, 0.25) is 0 Å². The molecule has 0 saturated carbocycles. The summed E-state index contributed by atoms with van der Waals surface area (Å²) in [5.41, 5.74) is 3.12. The Morgan fingerprint density at radius 3 is 2.75 bits per heavy atom. The number of hydrogen-bond donors (Lipinski definition) is 0. The van der Waals surface area contributed by atoms with Gasteiger partial charge in [0.25, 0.3) is 0 Å². The first-order valence-electron chi connectivity index (χ1n) is 8.74. The van der Waals surface area contributed by atoms with Crippen molar-refractivity contribution in [3.8, 4) is 11.8 Å². The number of halogens is 1. The molecule has 0 saturated heterocycles. The van der Waals surface area contributed by atoms with E-state index in [1.54, 1.807) is 25.1 Å². The highest BCUT2D eigenvalue weighted by atomic mass is 79.9. The normalized spacial score (nSPS) is 18.3. The number of ether oxygens (including phenoxy) is 3. The highest BCUT2D eigenvalue weighted by Gasteiger charge is 2.45. The van der Waals surface area contributed by atoms with E-state index in [0.717, 1.165) is 16.5 Å². The number of fused-ring (bicyclic) bond motifs is 2. The van der Waals surface area contributed by atoms with Crippen LogP contribution in [-0.2, 0) is 9.47 Å². The van der Waals surface area contributed by atoms with Gasteiger partial charge in [-0.2, -0.15) is 10.4 Å². The summed E-state index contributed by atoms with van der Waals surface area (Å²) in [5, 5.41) is 15.2. The number of nitrogens with zero attached hydrogens (tertiary/aromatic N) is 3. The Labute approximate surface area is 172 Å². The van der Waals surface area contributed by atoms with E-state index in [9.17, 15) is 5.26 Å². The predicted molar refractivity (Wildman–Crippen MR) is 112 cm³/mol. The van der Waals surface area contributed by atoms with Crippen molar-refractivity contribution < 1.29 is 14.2 Å². The van der Waals surface area contributed by atoms with Gasteiger partial charge in [-0.3, -0.25) is 0 Å². The molecule has 0 bridgehead atoms. The van der Waals surface area contributed by atoms with Gasteiger partial charge < -0.3 is 14.2 Å². The van der Waals surface area contributed by atoms with Gasteiger partial charge in [0.15, 0.2) is 5.79 Å². The lowest BCUT2D eigenvalue weighted by Crippen LogP contribution is -2.40. The molecule has 2 aromatic rings. The van der Waals surface area contributed by atoms with Gasteiger partial charge in [-0.05, 0) is 35.0 Å². The lowest BCUT2D eigenvalue weighted by Gasteiger charge is -2.33. The number of hydrogen-bond acceptors (Lipinski definition) is 5. The lowest BCUT2D eigenvalue weighted by atomic mass is 9.89. The Hall–Kier alpha value is -2.40. The molecule has 1 aliphatic heterocycles. The summed E-state index contributed by atoms with van der Waals surface area (Å²) in [4.78, 5) is 0. The number of aromatic nitrogens is 2. The summed E-state index contributed by atoms with van der Waals surface area (Å²) in [6.45, 7) is 10.2. The van der Waals surface area contributed by atoms with Crippen LogP contribution in [0.15, 0.2) is 47.6 Å². The third-order valence-electron chi connectivity index (χ3n) is 4.88. The van der Waals surface area contributed by atoms with Gasteiger partial charge in [0, 0.05) is 31.6 Å². The van der Waals surface area contributed by atoms with E-state index in [-0.39, 0.29) is 0 Å². The van der Waals surface area contributed by atoms with Gasteiger partial charge in [-0.15, -0.1) is 0 Å². The summed E-state index contributed by atoms with van der Waals surface area (Å²) < 4.78 is 19.7. The van der Waals surface area contributed by atoms with Gasteiger partial charge in [-0.25, -0.2) is 4.68 Å². The molecule has 0 spiro atoms. The Kier molecular flexibility index (Phi) is 5.75. The maximum atomic E-state index is 9.91. The van der Waals surface area contributed by atoms with Crippen LogP contribution in [0.5, 0.6) is 5.75 Å². The van der Waals surface area contributed by atoms with E-state index in [0.29, 0.717) is 34.5 Å². The second-order valence-corrected chi connectivity index (χ2v) is 7.45. The molecule has 7 heteroatoms. The molecular weight excluding hydrogens is 422 g/mol. The fourth-order valence-corrected chi connectivity index (χ4v) is 4.15. The van der Waals surface area contributed by atoms with Crippen LogP contribution >= 0.6 is 15.9 Å². The Morgan fingerprint density at radius 1 is 1.43 bits per heavy atom. The molecule has 28 heavy (non-hydrogen) atoms. The highest BCUT2D eigenvalue weighted by Crippen LogP contribution is 2.47. The molecule has 2 heterocycles. The average molecular weight is 444 g/mol. The van der Waals surface area contributed by atoms with Gasteiger partial charge in [0.1, 0.15) is 11.7 Å². The molecule has 1 aromatic carbocycles. The molecule has 1 aromatic heterocycles. The van der Waals surface area contributed by atoms with Gasteiger partial charge in [-0.1, -0.05) is 24.8 Å². The summed E-state index contributed by atoms with van der Waals surface area (Å²) in [7, 11) is 3.09. The lowest BCUT2D eigenvalue weighted by molar-refractivity contribution is -0.217. The van der Waals surface area contributed by atoms with E-state index < -0.39 is 11.7 Å². The SMILES string of the molecule is C=C(C)C=CC(=C)n1ncc2cc3c(c(Br)c21)OCCC(OC)(OC)C3C#N. The molecule has 6 nitrogen and oxygen atoms in total. The molecule has 0 amide bonds. The van der Waals surface area contributed by atoms with Crippen molar-refractivity contribution in [1.29, 1.82) is 5.26 Å². The topological polar surface area (TPSA) is 69.3 Å². The average Bonchev–Trinajstić information content (AvgIpc) is 3.03. The van der Waals surface area contributed by atoms with Crippen molar-refractivity contribution in [1.82, 2.24) is 9.78 Å². The molecule has 0 radical (unpaired) electrons. The van der Waals surface area contributed by atoms with Crippen molar-refractivity contribution in [3.63, 3.8) is 0 Å². The molecular formula is C21H22BrN3O3. The largest absolute Gasteiger partial charge is 0.492 e. The Morgan fingerprint density at radius 2 is 2.14 bits per heavy atom. The van der Waals surface area contributed by atoms with Crippen molar-refractivity contribution in [2.75, 3.05) is 20.8 Å². The molecule has 3 rings (SSSR count). The van der Waals surface area contributed by atoms with Crippen molar-refractivity contribution in [2.45, 2.75) is 25.0 Å². The van der Waals surface area contributed by atoms with Crippen molar-refractivity contribution in [3.05, 3.63) is 53.2 Å². The number of allylic oxidation sites excluding steroid dienone is 4. The van der Waals surface area contributed by atoms with Crippen LogP contribution in [0, 0.1) is 11.3 Å². The quantitative estimate of drug-likeness (QED) is 0.491. The smallest absolute Gasteiger partial charge is 0.190 e. The van der Waals surface area contributed by atoms with Crippen LogP contribution in [-0.4, -0.2) is 36.4 Å². The summed E-state index contributed by atoms with van der Waals surface area (Å²) in [6.07, 6.45) is 5.89. The minimum absolute atomic E-state index is 0.349.